The molecule has 0 aliphatic heterocycles. The monoisotopic (exact) mass is 342 g/mol. The summed E-state index contributed by atoms with van der Waals surface area (Å²) in [5.74, 6) is 0.539. The van der Waals surface area contributed by atoms with Gasteiger partial charge in [-0.05, 0) is 48.9 Å². The maximum absolute atomic E-state index is 12.2. The van der Waals surface area contributed by atoms with Gasteiger partial charge in [0.25, 0.3) is 11.8 Å². The Bertz CT molecular complexity index is 724. The Morgan fingerprint density at radius 3 is 2.58 bits per heavy atom. The van der Waals surface area contributed by atoms with Crippen LogP contribution >= 0.6 is 11.3 Å². The number of thiophene rings is 1. The Hall–Kier alpha value is -2.14. The second kappa shape index (κ2) is 7.62. The molecule has 1 aromatic carbocycles. The number of carbonyl (C=O) groups excluding carboxylic acids is 2. The Morgan fingerprint density at radius 2 is 1.83 bits per heavy atom. The Kier molecular flexibility index (Phi) is 5.30. The summed E-state index contributed by atoms with van der Waals surface area (Å²) in [5, 5.41) is 5.69. The van der Waals surface area contributed by atoms with Gasteiger partial charge >= 0.3 is 0 Å². The van der Waals surface area contributed by atoms with Gasteiger partial charge in [0.05, 0.1) is 4.88 Å². The molecule has 2 N–H and O–H groups in total. The van der Waals surface area contributed by atoms with Crippen molar-refractivity contribution in [1.29, 1.82) is 0 Å². The molecule has 2 amide bonds. The molecule has 0 bridgehead atoms. The predicted molar refractivity (Wildman–Crippen MR) is 96.6 cm³/mol. The average Bonchev–Trinajstić information content (AvgIpc) is 3.02. The van der Waals surface area contributed by atoms with Crippen LogP contribution in [0.4, 0.5) is 0 Å². The van der Waals surface area contributed by atoms with Crippen LogP contribution in [0.1, 0.15) is 43.8 Å². The molecule has 1 aromatic heterocycles. The van der Waals surface area contributed by atoms with E-state index in [0.717, 1.165) is 17.7 Å². The van der Waals surface area contributed by atoms with Gasteiger partial charge in [0.2, 0.25) is 0 Å². The van der Waals surface area contributed by atoms with Gasteiger partial charge in [-0.15, -0.1) is 11.3 Å². The van der Waals surface area contributed by atoms with E-state index in [1.165, 1.54) is 16.9 Å². The molecule has 0 spiro atoms. The molecule has 126 valence electrons. The topological polar surface area (TPSA) is 58.2 Å². The molecule has 2 aromatic rings. The number of nitrogens with one attached hydrogen (secondary N) is 2. The van der Waals surface area contributed by atoms with E-state index in [9.17, 15) is 9.59 Å². The van der Waals surface area contributed by atoms with Crippen LogP contribution < -0.4 is 10.6 Å². The third kappa shape index (κ3) is 4.03. The van der Waals surface area contributed by atoms with Crippen molar-refractivity contribution in [2.24, 2.45) is 5.92 Å². The standard InChI is InChI=1S/C19H22N2O2S/c1-13-7-8-16-15(11-13)12-17(24-16)19(23)21-10-9-20-18(22)14-5-3-2-4-6-14/h2-6,12-13H,7-11H2,1H3,(H,20,22)(H,21,23). The largest absolute Gasteiger partial charge is 0.350 e. The van der Waals surface area contributed by atoms with Gasteiger partial charge in [0.15, 0.2) is 0 Å². The average molecular weight is 342 g/mol. The summed E-state index contributed by atoms with van der Waals surface area (Å²) in [6.07, 6.45) is 3.37. The van der Waals surface area contributed by atoms with E-state index in [4.69, 9.17) is 0 Å². The van der Waals surface area contributed by atoms with Gasteiger partial charge in [-0.1, -0.05) is 25.1 Å². The molecule has 0 saturated heterocycles. The molecule has 3 rings (SSSR count). The van der Waals surface area contributed by atoms with Crippen molar-refractivity contribution >= 4 is 23.2 Å². The lowest BCUT2D eigenvalue weighted by atomic mass is 9.90. The second-order valence-corrected chi connectivity index (χ2v) is 7.42. The molecular weight excluding hydrogens is 320 g/mol. The van der Waals surface area contributed by atoms with E-state index >= 15 is 0 Å². The zero-order chi connectivity index (χ0) is 16.9. The van der Waals surface area contributed by atoms with Crippen LogP contribution in [0.15, 0.2) is 36.4 Å². The van der Waals surface area contributed by atoms with Crippen molar-refractivity contribution in [2.45, 2.75) is 26.2 Å². The highest BCUT2D eigenvalue weighted by Crippen LogP contribution is 2.32. The highest BCUT2D eigenvalue weighted by molar-refractivity contribution is 7.14. The highest BCUT2D eigenvalue weighted by Gasteiger charge is 2.20. The summed E-state index contributed by atoms with van der Waals surface area (Å²) in [4.78, 5) is 26.3. The van der Waals surface area contributed by atoms with Crippen molar-refractivity contribution in [1.82, 2.24) is 10.6 Å². The summed E-state index contributed by atoms with van der Waals surface area (Å²) in [7, 11) is 0. The maximum Gasteiger partial charge on any atom is 0.261 e. The molecule has 1 aliphatic rings. The molecule has 1 atom stereocenters. The zero-order valence-corrected chi connectivity index (χ0v) is 14.6. The molecule has 0 radical (unpaired) electrons. The van der Waals surface area contributed by atoms with Gasteiger partial charge in [0, 0.05) is 23.5 Å². The maximum atomic E-state index is 12.2. The lowest BCUT2D eigenvalue weighted by Gasteiger charge is -2.16. The van der Waals surface area contributed by atoms with Crippen LogP contribution in [0.2, 0.25) is 0 Å². The van der Waals surface area contributed by atoms with E-state index in [0.29, 0.717) is 24.6 Å². The summed E-state index contributed by atoms with van der Waals surface area (Å²) in [6, 6.07) is 11.1. The summed E-state index contributed by atoms with van der Waals surface area (Å²) in [5.41, 5.74) is 1.96. The lowest BCUT2D eigenvalue weighted by molar-refractivity contribution is 0.0929. The van der Waals surface area contributed by atoms with Gasteiger partial charge in [0.1, 0.15) is 0 Å². The lowest BCUT2D eigenvalue weighted by Crippen LogP contribution is -2.34. The smallest absolute Gasteiger partial charge is 0.261 e. The molecule has 24 heavy (non-hydrogen) atoms. The van der Waals surface area contributed by atoms with Gasteiger partial charge < -0.3 is 10.6 Å². The number of hydrogen-bond donors (Lipinski definition) is 2. The molecular formula is C19H22N2O2S. The molecule has 1 aliphatic carbocycles. The fraction of sp³-hybridized carbons (Fsp3) is 0.368. The number of benzene rings is 1. The molecule has 1 unspecified atom stereocenters. The van der Waals surface area contributed by atoms with Crippen LogP contribution in [0.25, 0.3) is 0 Å². The number of amides is 2. The van der Waals surface area contributed by atoms with Crippen LogP contribution in [0.3, 0.4) is 0 Å². The van der Waals surface area contributed by atoms with E-state index in [1.54, 1.807) is 23.5 Å². The van der Waals surface area contributed by atoms with Crippen molar-refractivity contribution in [3.05, 3.63) is 57.3 Å². The van der Waals surface area contributed by atoms with Crippen molar-refractivity contribution in [3.63, 3.8) is 0 Å². The zero-order valence-electron chi connectivity index (χ0n) is 13.8. The van der Waals surface area contributed by atoms with E-state index in [1.807, 2.05) is 24.3 Å². The van der Waals surface area contributed by atoms with Crippen LogP contribution in [-0.2, 0) is 12.8 Å². The molecule has 5 heteroatoms. The first kappa shape index (κ1) is 16.7. The van der Waals surface area contributed by atoms with Crippen LogP contribution in [0, 0.1) is 5.92 Å². The van der Waals surface area contributed by atoms with Gasteiger partial charge in [-0.2, -0.15) is 0 Å². The second-order valence-electron chi connectivity index (χ2n) is 6.28. The quantitative estimate of drug-likeness (QED) is 0.821. The summed E-state index contributed by atoms with van der Waals surface area (Å²) in [6.45, 7) is 3.10. The predicted octanol–water partition coefficient (Wildman–Crippen LogP) is 3.03. The van der Waals surface area contributed by atoms with Crippen molar-refractivity contribution in [2.75, 3.05) is 13.1 Å². The van der Waals surface area contributed by atoms with E-state index in [-0.39, 0.29) is 11.8 Å². The minimum atomic E-state index is -0.120. The molecule has 4 nitrogen and oxygen atoms in total. The minimum Gasteiger partial charge on any atom is -0.350 e. The Balaban J connectivity index is 1.45. The van der Waals surface area contributed by atoms with Crippen molar-refractivity contribution < 1.29 is 9.59 Å². The minimum absolute atomic E-state index is 0.0454. The first-order valence-corrected chi connectivity index (χ1v) is 9.18. The van der Waals surface area contributed by atoms with Crippen LogP contribution in [-0.4, -0.2) is 24.9 Å². The number of hydrogen-bond acceptors (Lipinski definition) is 3. The van der Waals surface area contributed by atoms with Crippen LogP contribution in [0.5, 0.6) is 0 Å². The summed E-state index contributed by atoms with van der Waals surface area (Å²) < 4.78 is 0. The number of fused-ring (bicyclic) bond motifs is 1. The fourth-order valence-corrected chi connectivity index (χ4v) is 4.07. The Labute approximate surface area is 146 Å². The first-order chi connectivity index (χ1) is 11.6. The summed E-state index contributed by atoms with van der Waals surface area (Å²) >= 11 is 1.61. The number of aryl methyl sites for hydroxylation is 1. The van der Waals surface area contributed by atoms with E-state index < -0.39 is 0 Å². The van der Waals surface area contributed by atoms with Crippen molar-refractivity contribution in [3.8, 4) is 0 Å². The van der Waals surface area contributed by atoms with Gasteiger partial charge in [-0.3, -0.25) is 9.59 Å². The molecule has 0 fully saturated rings. The van der Waals surface area contributed by atoms with E-state index in [2.05, 4.69) is 17.6 Å². The highest BCUT2D eigenvalue weighted by atomic mass is 32.1. The van der Waals surface area contributed by atoms with Gasteiger partial charge in [-0.25, -0.2) is 0 Å². The first-order valence-electron chi connectivity index (χ1n) is 8.36. The third-order valence-electron chi connectivity index (χ3n) is 4.29. The number of carbonyl (C=O) groups is 2. The third-order valence-corrected chi connectivity index (χ3v) is 5.52. The Morgan fingerprint density at radius 1 is 1.12 bits per heavy atom. The number of rotatable bonds is 5. The molecule has 1 heterocycles. The normalized spacial score (nSPS) is 16.3. The fourth-order valence-electron chi connectivity index (χ4n) is 2.95. The SMILES string of the molecule is CC1CCc2sc(C(=O)NCCNC(=O)c3ccccc3)cc2C1. The molecule has 0 saturated carbocycles.